The Morgan fingerprint density at radius 1 is 1.07 bits per heavy atom. The van der Waals surface area contributed by atoms with E-state index in [1.54, 1.807) is 24.3 Å². The largest absolute Gasteiger partial charge is 0.507 e. The summed E-state index contributed by atoms with van der Waals surface area (Å²) in [4.78, 5) is 17.1. The summed E-state index contributed by atoms with van der Waals surface area (Å²) in [7, 11) is 2.08. The Morgan fingerprint density at radius 3 is 2.44 bits per heavy atom. The molecule has 0 radical (unpaired) electrons. The number of piperazine rings is 1. The fourth-order valence-electron chi connectivity index (χ4n) is 2.97. The molecule has 0 aliphatic carbocycles. The molecule has 0 atom stereocenters. The number of nitrogens with zero attached hydrogens (tertiary/aromatic N) is 2. The molecule has 1 amide bonds. The predicted octanol–water partition coefficient (Wildman–Crippen LogP) is 4.35. The van der Waals surface area contributed by atoms with Crippen LogP contribution in [0.5, 0.6) is 5.75 Å². The van der Waals surface area contributed by atoms with Crippen LogP contribution in [0.1, 0.15) is 15.9 Å². The van der Waals surface area contributed by atoms with E-state index in [0.717, 1.165) is 26.2 Å². The van der Waals surface area contributed by atoms with Crippen molar-refractivity contribution >= 4 is 46.4 Å². The molecule has 0 saturated carbocycles. The van der Waals surface area contributed by atoms with Crippen LogP contribution >= 0.6 is 34.8 Å². The van der Waals surface area contributed by atoms with Crippen LogP contribution in [-0.4, -0.2) is 54.0 Å². The second-order valence-corrected chi connectivity index (χ2v) is 7.87. The van der Waals surface area contributed by atoms with Crippen molar-refractivity contribution in [2.24, 2.45) is 0 Å². The lowest BCUT2D eigenvalue weighted by atomic mass is 10.1. The Morgan fingerprint density at radius 2 is 1.78 bits per heavy atom. The van der Waals surface area contributed by atoms with Gasteiger partial charge in [-0.1, -0.05) is 34.8 Å². The Hall–Kier alpha value is -1.50. The lowest BCUT2D eigenvalue weighted by Gasteiger charge is -2.32. The molecule has 1 aliphatic heterocycles. The van der Waals surface area contributed by atoms with E-state index in [9.17, 15) is 9.90 Å². The SMILES string of the molecule is CN1CCN(Cc2cc(Cl)cc(C(=O)Nc3ccc(Cl)c(Cl)c3)c2O)CC1. The zero-order chi connectivity index (χ0) is 19.6. The van der Waals surface area contributed by atoms with E-state index in [2.05, 4.69) is 22.2 Å². The van der Waals surface area contributed by atoms with Gasteiger partial charge in [0.2, 0.25) is 0 Å². The molecular weight excluding hydrogens is 409 g/mol. The molecule has 5 nitrogen and oxygen atoms in total. The molecule has 2 N–H and O–H groups in total. The van der Waals surface area contributed by atoms with Gasteiger partial charge < -0.3 is 15.3 Å². The van der Waals surface area contributed by atoms with Gasteiger partial charge in [-0.15, -0.1) is 0 Å². The number of nitrogens with one attached hydrogen (secondary N) is 1. The van der Waals surface area contributed by atoms with E-state index in [1.807, 2.05) is 0 Å². The van der Waals surface area contributed by atoms with Gasteiger partial charge in [-0.25, -0.2) is 0 Å². The van der Waals surface area contributed by atoms with Gasteiger partial charge in [-0.05, 0) is 37.4 Å². The highest BCUT2D eigenvalue weighted by atomic mass is 35.5. The molecule has 0 spiro atoms. The Kier molecular flexibility index (Phi) is 6.50. The summed E-state index contributed by atoms with van der Waals surface area (Å²) in [5.41, 5.74) is 1.23. The number of carbonyl (C=O) groups is 1. The number of carbonyl (C=O) groups excluding carboxylic acids is 1. The minimum absolute atomic E-state index is 0.0594. The second kappa shape index (κ2) is 8.67. The summed E-state index contributed by atoms with van der Waals surface area (Å²) >= 11 is 18.1. The summed E-state index contributed by atoms with van der Waals surface area (Å²) in [6, 6.07) is 7.94. The van der Waals surface area contributed by atoms with Gasteiger partial charge in [-0.3, -0.25) is 9.69 Å². The van der Waals surface area contributed by atoms with Crippen molar-refractivity contribution in [3.63, 3.8) is 0 Å². The molecule has 3 rings (SSSR count). The highest BCUT2D eigenvalue weighted by Crippen LogP contribution is 2.30. The first-order valence-corrected chi connectivity index (χ1v) is 9.65. The van der Waals surface area contributed by atoms with Crippen LogP contribution in [-0.2, 0) is 6.54 Å². The molecule has 8 heteroatoms. The molecular formula is C19H20Cl3N3O2. The first-order chi connectivity index (χ1) is 12.8. The number of benzene rings is 2. The molecule has 1 fully saturated rings. The summed E-state index contributed by atoms with van der Waals surface area (Å²) in [6.45, 7) is 4.26. The third kappa shape index (κ3) is 5.06. The van der Waals surface area contributed by atoms with Gasteiger partial charge >= 0.3 is 0 Å². The standard InChI is InChI=1S/C19H20Cl3N3O2/c1-24-4-6-25(7-5-24)11-12-8-13(20)9-15(18(12)26)19(27)23-14-2-3-16(21)17(22)10-14/h2-3,8-10,26H,4-7,11H2,1H3,(H,23,27). The molecule has 0 unspecified atom stereocenters. The van der Waals surface area contributed by atoms with Gasteiger partial charge in [0, 0.05) is 49.0 Å². The Labute approximate surface area is 173 Å². The molecule has 27 heavy (non-hydrogen) atoms. The first kappa shape index (κ1) is 20.2. The van der Waals surface area contributed by atoms with Gasteiger partial charge in [0.15, 0.2) is 0 Å². The number of rotatable bonds is 4. The smallest absolute Gasteiger partial charge is 0.259 e. The summed E-state index contributed by atoms with van der Waals surface area (Å²) in [5, 5.41) is 14.5. The van der Waals surface area contributed by atoms with Crippen LogP contribution in [0.2, 0.25) is 15.1 Å². The molecule has 1 saturated heterocycles. The summed E-state index contributed by atoms with van der Waals surface area (Å²) < 4.78 is 0. The quantitative estimate of drug-likeness (QED) is 0.760. The van der Waals surface area contributed by atoms with Crippen LogP contribution in [0.3, 0.4) is 0 Å². The maximum absolute atomic E-state index is 12.6. The van der Waals surface area contributed by atoms with E-state index in [4.69, 9.17) is 34.8 Å². The van der Waals surface area contributed by atoms with E-state index < -0.39 is 5.91 Å². The van der Waals surface area contributed by atoms with Crippen LogP contribution in [0.4, 0.5) is 5.69 Å². The van der Waals surface area contributed by atoms with Gasteiger partial charge in [-0.2, -0.15) is 0 Å². The normalized spacial score (nSPS) is 15.7. The van der Waals surface area contributed by atoms with Gasteiger partial charge in [0.25, 0.3) is 5.91 Å². The first-order valence-electron chi connectivity index (χ1n) is 8.52. The highest BCUT2D eigenvalue weighted by molar-refractivity contribution is 6.42. The number of halogens is 3. The van der Waals surface area contributed by atoms with E-state index in [0.29, 0.717) is 32.9 Å². The van der Waals surface area contributed by atoms with E-state index in [1.165, 1.54) is 6.07 Å². The fraction of sp³-hybridized carbons (Fsp3) is 0.316. The highest BCUT2D eigenvalue weighted by Gasteiger charge is 2.20. The van der Waals surface area contributed by atoms with E-state index >= 15 is 0 Å². The molecule has 1 aliphatic rings. The lowest BCUT2D eigenvalue weighted by molar-refractivity contribution is 0.102. The zero-order valence-electron chi connectivity index (χ0n) is 14.8. The number of anilines is 1. The Bertz CT molecular complexity index is 852. The van der Waals surface area contributed by atoms with Crippen molar-refractivity contribution in [2.75, 3.05) is 38.5 Å². The monoisotopic (exact) mass is 427 g/mol. The molecule has 144 valence electrons. The number of hydrogen-bond donors (Lipinski definition) is 2. The minimum Gasteiger partial charge on any atom is -0.507 e. The topological polar surface area (TPSA) is 55.8 Å². The number of likely N-dealkylation sites (N-methyl/N-ethyl adjacent to an activating group) is 1. The Balaban J connectivity index is 1.79. The summed E-state index contributed by atoms with van der Waals surface area (Å²) in [5.74, 6) is -0.524. The van der Waals surface area contributed by atoms with Crippen molar-refractivity contribution in [2.45, 2.75) is 6.54 Å². The fourth-order valence-corrected chi connectivity index (χ4v) is 3.51. The predicted molar refractivity (Wildman–Crippen MR) is 110 cm³/mol. The van der Waals surface area contributed by atoms with Gasteiger partial charge in [0.1, 0.15) is 5.75 Å². The van der Waals surface area contributed by atoms with Crippen molar-refractivity contribution in [3.8, 4) is 5.75 Å². The third-order valence-electron chi connectivity index (χ3n) is 4.57. The van der Waals surface area contributed by atoms with Crippen LogP contribution in [0, 0.1) is 0 Å². The average molecular weight is 429 g/mol. The molecule has 2 aromatic rings. The molecule has 1 heterocycles. The van der Waals surface area contributed by atoms with E-state index in [-0.39, 0.29) is 11.3 Å². The third-order valence-corrected chi connectivity index (χ3v) is 5.52. The lowest BCUT2D eigenvalue weighted by Crippen LogP contribution is -2.43. The zero-order valence-corrected chi connectivity index (χ0v) is 17.1. The van der Waals surface area contributed by atoms with Crippen molar-refractivity contribution < 1.29 is 9.90 Å². The maximum atomic E-state index is 12.6. The van der Waals surface area contributed by atoms with Crippen molar-refractivity contribution in [1.82, 2.24) is 9.80 Å². The maximum Gasteiger partial charge on any atom is 0.259 e. The van der Waals surface area contributed by atoms with Crippen LogP contribution in [0.15, 0.2) is 30.3 Å². The van der Waals surface area contributed by atoms with Crippen molar-refractivity contribution in [3.05, 3.63) is 56.5 Å². The number of phenols is 1. The number of phenolic OH excluding ortho intramolecular Hbond substituents is 1. The number of amides is 1. The number of aromatic hydroxyl groups is 1. The molecule has 2 aromatic carbocycles. The van der Waals surface area contributed by atoms with Crippen LogP contribution in [0.25, 0.3) is 0 Å². The molecule has 0 bridgehead atoms. The van der Waals surface area contributed by atoms with Crippen molar-refractivity contribution in [1.29, 1.82) is 0 Å². The summed E-state index contributed by atoms with van der Waals surface area (Å²) in [6.07, 6.45) is 0. The van der Waals surface area contributed by atoms with Gasteiger partial charge in [0.05, 0.1) is 15.6 Å². The van der Waals surface area contributed by atoms with Crippen LogP contribution < -0.4 is 5.32 Å². The molecule has 0 aromatic heterocycles. The minimum atomic E-state index is -0.465. The number of hydrogen-bond acceptors (Lipinski definition) is 4. The second-order valence-electron chi connectivity index (χ2n) is 6.62. The average Bonchev–Trinajstić information content (AvgIpc) is 2.62.